The third-order valence-electron chi connectivity index (χ3n) is 1.77. The Bertz CT molecular complexity index is 524. The molecular formula is C9H8Cl2N6. The summed E-state index contributed by atoms with van der Waals surface area (Å²) in [6.45, 7) is 3.90. The zero-order chi connectivity index (χ0) is 12.3. The lowest BCUT2D eigenvalue weighted by Crippen LogP contribution is -2.09. The average molecular weight is 271 g/mol. The lowest BCUT2D eigenvalue weighted by atomic mass is 10.6. The zero-order valence-electron chi connectivity index (χ0n) is 8.64. The fourth-order valence-electron chi connectivity index (χ4n) is 1.09. The minimum atomic E-state index is 0.0892. The molecule has 8 heteroatoms. The maximum Gasteiger partial charge on any atom is 0.241 e. The van der Waals surface area contributed by atoms with Crippen LogP contribution in [0.5, 0.6) is 0 Å². The molecule has 0 fully saturated rings. The Hall–Kier alpha value is -1.66. The molecule has 0 saturated heterocycles. The van der Waals surface area contributed by atoms with E-state index in [9.17, 15) is 0 Å². The largest absolute Gasteiger partial charge is 0.349 e. The van der Waals surface area contributed by atoms with Crippen LogP contribution in [0, 0.1) is 0 Å². The second kappa shape index (κ2) is 5.11. The first kappa shape index (κ1) is 11.8. The molecule has 0 amide bonds. The molecule has 1 N–H and O–H groups in total. The highest BCUT2D eigenvalue weighted by molar-refractivity contribution is 6.29. The predicted octanol–water partition coefficient (Wildman–Crippen LogP) is 1.88. The van der Waals surface area contributed by atoms with Gasteiger partial charge in [-0.25, -0.2) is 4.98 Å². The summed E-state index contributed by atoms with van der Waals surface area (Å²) in [5.74, 6) is 0.709. The number of rotatable bonds is 4. The molecule has 2 aromatic rings. The summed E-state index contributed by atoms with van der Waals surface area (Å²) in [6.07, 6.45) is 4.89. The number of halogens is 2. The maximum absolute atomic E-state index is 5.79. The van der Waals surface area contributed by atoms with Crippen LogP contribution >= 0.6 is 23.2 Å². The molecule has 17 heavy (non-hydrogen) atoms. The molecule has 6 nitrogen and oxygen atoms in total. The second-order valence-electron chi connectivity index (χ2n) is 3.07. The summed E-state index contributed by atoms with van der Waals surface area (Å²) in [6, 6.07) is 0. The summed E-state index contributed by atoms with van der Waals surface area (Å²) in [5, 5.41) is 3.41. The summed E-state index contributed by atoms with van der Waals surface area (Å²) < 4.78 is 1.62. The second-order valence-corrected chi connectivity index (χ2v) is 3.94. The molecule has 0 spiro atoms. The Morgan fingerprint density at radius 3 is 2.88 bits per heavy atom. The van der Waals surface area contributed by atoms with Crippen molar-refractivity contribution in [3.63, 3.8) is 0 Å². The molecule has 0 atom stereocenters. The number of nitrogens with one attached hydrogen (secondary N) is 1. The van der Waals surface area contributed by atoms with Crippen LogP contribution < -0.4 is 5.32 Å². The van der Waals surface area contributed by atoms with Crippen LogP contribution in [-0.2, 0) is 0 Å². The highest BCUT2D eigenvalue weighted by Crippen LogP contribution is 2.10. The van der Waals surface area contributed by atoms with Gasteiger partial charge in [-0.1, -0.05) is 18.2 Å². The van der Waals surface area contributed by atoms with E-state index >= 15 is 0 Å². The maximum atomic E-state index is 5.79. The molecule has 0 saturated carbocycles. The van der Waals surface area contributed by atoms with Gasteiger partial charge in [0.25, 0.3) is 0 Å². The summed E-state index contributed by atoms with van der Waals surface area (Å²) in [4.78, 5) is 15.9. The van der Waals surface area contributed by atoms with E-state index in [1.54, 1.807) is 23.3 Å². The first-order valence-electron chi connectivity index (χ1n) is 4.62. The van der Waals surface area contributed by atoms with Crippen LogP contribution in [0.2, 0.25) is 5.28 Å². The van der Waals surface area contributed by atoms with Gasteiger partial charge in [-0.15, -0.1) is 0 Å². The number of anilines is 1. The van der Waals surface area contributed by atoms with E-state index in [1.165, 1.54) is 0 Å². The first-order chi connectivity index (χ1) is 8.15. The van der Waals surface area contributed by atoms with Crippen LogP contribution in [0.4, 0.5) is 5.95 Å². The van der Waals surface area contributed by atoms with E-state index in [-0.39, 0.29) is 5.28 Å². The van der Waals surface area contributed by atoms with Crippen LogP contribution in [0.1, 0.15) is 0 Å². The monoisotopic (exact) mass is 270 g/mol. The van der Waals surface area contributed by atoms with Crippen molar-refractivity contribution in [2.24, 2.45) is 0 Å². The minimum Gasteiger partial charge on any atom is -0.349 e. The van der Waals surface area contributed by atoms with Crippen molar-refractivity contribution in [2.75, 3.05) is 11.9 Å². The lowest BCUT2D eigenvalue weighted by Gasteiger charge is -2.05. The fourth-order valence-corrected chi connectivity index (χ4v) is 1.31. The van der Waals surface area contributed by atoms with Gasteiger partial charge in [-0.2, -0.15) is 15.0 Å². The molecule has 88 valence electrons. The quantitative estimate of drug-likeness (QED) is 0.919. The van der Waals surface area contributed by atoms with E-state index in [0.717, 1.165) is 0 Å². The molecule has 0 aliphatic carbocycles. The van der Waals surface area contributed by atoms with E-state index in [0.29, 0.717) is 23.5 Å². The van der Waals surface area contributed by atoms with Gasteiger partial charge in [0.2, 0.25) is 17.2 Å². The third-order valence-corrected chi connectivity index (χ3v) is 2.07. The van der Waals surface area contributed by atoms with E-state index in [1.807, 2.05) is 0 Å². The van der Waals surface area contributed by atoms with Crippen LogP contribution in [0.15, 0.2) is 30.3 Å². The standard InChI is InChI=1S/C9H8Cl2N6/c1-6(10)4-13-8-14-7(11)15-9(16-8)17-3-2-12-5-17/h2-3,5H,1,4H2,(H,13,14,15,16). The summed E-state index contributed by atoms with van der Waals surface area (Å²) >= 11 is 11.4. The van der Waals surface area contributed by atoms with E-state index < -0.39 is 0 Å². The highest BCUT2D eigenvalue weighted by atomic mass is 35.5. The average Bonchev–Trinajstić information content (AvgIpc) is 2.79. The molecule has 0 aliphatic heterocycles. The molecule has 0 aromatic carbocycles. The van der Waals surface area contributed by atoms with Crippen LogP contribution in [0.3, 0.4) is 0 Å². The molecule has 0 bridgehead atoms. The first-order valence-corrected chi connectivity index (χ1v) is 5.38. The van der Waals surface area contributed by atoms with Gasteiger partial charge in [0, 0.05) is 17.4 Å². The van der Waals surface area contributed by atoms with Gasteiger partial charge in [0.1, 0.15) is 6.33 Å². The highest BCUT2D eigenvalue weighted by Gasteiger charge is 2.06. The van der Waals surface area contributed by atoms with Crippen LogP contribution in [0.25, 0.3) is 5.95 Å². The van der Waals surface area contributed by atoms with Gasteiger partial charge in [-0.05, 0) is 11.6 Å². The topological polar surface area (TPSA) is 68.5 Å². The van der Waals surface area contributed by atoms with Crippen molar-refractivity contribution in [2.45, 2.75) is 0 Å². The zero-order valence-corrected chi connectivity index (χ0v) is 10.2. The van der Waals surface area contributed by atoms with Crippen molar-refractivity contribution in [3.05, 3.63) is 35.6 Å². The van der Waals surface area contributed by atoms with E-state index in [2.05, 4.69) is 31.8 Å². The van der Waals surface area contributed by atoms with Gasteiger partial charge < -0.3 is 5.32 Å². The number of hydrogen-bond acceptors (Lipinski definition) is 5. The molecular weight excluding hydrogens is 263 g/mol. The Morgan fingerprint density at radius 2 is 2.24 bits per heavy atom. The van der Waals surface area contributed by atoms with Gasteiger partial charge >= 0.3 is 0 Å². The van der Waals surface area contributed by atoms with Crippen molar-refractivity contribution in [1.82, 2.24) is 24.5 Å². The Labute approximate surface area is 107 Å². The summed E-state index contributed by atoms with van der Waals surface area (Å²) in [5.41, 5.74) is 0. The molecule has 0 radical (unpaired) electrons. The minimum absolute atomic E-state index is 0.0892. The predicted molar refractivity (Wildman–Crippen MR) is 65.4 cm³/mol. The normalized spacial score (nSPS) is 10.2. The van der Waals surface area contributed by atoms with Gasteiger partial charge in [0.05, 0.1) is 6.54 Å². The number of imidazole rings is 1. The molecule has 0 unspecified atom stereocenters. The smallest absolute Gasteiger partial charge is 0.241 e. The van der Waals surface area contributed by atoms with Crippen molar-refractivity contribution >= 4 is 29.2 Å². The van der Waals surface area contributed by atoms with E-state index in [4.69, 9.17) is 23.2 Å². The van der Waals surface area contributed by atoms with Crippen molar-refractivity contribution in [1.29, 1.82) is 0 Å². The summed E-state index contributed by atoms with van der Waals surface area (Å²) in [7, 11) is 0. The molecule has 2 heterocycles. The number of aromatic nitrogens is 5. The number of hydrogen-bond donors (Lipinski definition) is 1. The van der Waals surface area contributed by atoms with Crippen molar-refractivity contribution in [3.8, 4) is 5.95 Å². The molecule has 0 aliphatic rings. The lowest BCUT2D eigenvalue weighted by molar-refractivity contribution is 0.894. The number of nitrogens with zero attached hydrogens (tertiary/aromatic N) is 5. The van der Waals surface area contributed by atoms with Gasteiger partial charge in [0.15, 0.2) is 0 Å². The molecule has 2 aromatic heterocycles. The Kier molecular flexibility index (Phi) is 3.55. The third kappa shape index (κ3) is 3.15. The fraction of sp³-hybridized carbons (Fsp3) is 0.111. The van der Waals surface area contributed by atoms with Gasteiger partial charge in [-0.3, -0.25) is 4.57 Å². The van der Waals surface area contributed by atoms with Crippen molar-refractivity contribution < 1.29 is 0 Å². The molecule has 2 rings (SSSR count). The SMILES string of the molecule is C=C(Cl)CNc1nc(Cl)nc(-n2ccnc2)n1. The van der Waals surface area contributed by atoms with Crippen LogP contribution in [-0.4, -0.2) is 31.0 Å². The Balaban J connectivity index is 2.26. The Morgan fingerprint density at radius 1 is 1.41 bits per heavy atom.